The average Bonchev–Trinajstić information content (AvgIpc) is 2.35. The molecule has 0 aliphatic rings. The first-order chi connectivity index (χ1) is 9.10. The first-order valence-corrected chi connectivity index (χ1v) is 6.15. The molecule has 19 heavy (non-hydrogen) atoms. The normalized spacial score (nSPS) is 9.84. The smallest absolute Gasteiger partial charge is 0.245 e. The lowest BCUT2D eigenvalue weighted by Crippen LogP contribution is -2.22. The van der Waals surface area contributed by atoms with Gasteiger partial charge in [-0.05, 0) is 20.8 Å². The number of nitrogens with one attached hydrogen (secondary N) is 2. The zero-order chi connectivity index (χ0) is 14.3. The Morgan fingerprint density at radius 2 is 2.05 bits per heavy atom. The largest absolute Gasteiger partial charge is 0.354 e. The Morgan fingerprint density at radius 1 is 1.37 bits per heavy atom. The predicted molar refractivity (Wildman–Crippen MR) is 75.9 cm³/mol. The Labute approximate surface area is 113 Å². The fraction of sp³-hybridized carbons (Fsp3) is 0.500. The predicted octanol–water partition coefficient (Wildman–Crippen LogP) is 1.60. The molecule has 1 aromatic heterocycles. The maximum absolute atomic E-state index is 9.09. The number of hydrogen-bond acceptors (Lipinski definition) is 7. The van der Waals surface area contributed by atoms with Gasteiger partial charge in [-0.2, -0.15) is 20.2 Å². The van der Waals surface area contributed by atoms with Crippen molar-refractivity contribution < 1.29 is 0 Å². The quantitative estimate of drug-likeness (QED) is 0.437. The van der Waals surface area contributed by atoms with E-state index in [2.05, 4.69) is 32.2 Å². The molecule has 0 spiro atoms. The topological polar surface area (TPSA) is 89.8 Å². The summed E-state index contributed by atoms with van der Waals surface area (Å²) in [5, 5.41) is 15.2. The number of rotatable bonds is 7. The van der Waals surface area contributed by atoms with Crippen LogP contribution in [0.25, 0.3) is 0 Å². The van der Waals surface area contributed by atoms with Crippen LogP contribution in [-0.2, 0) is 0 Å². The molecule has 0 unspecified atom stereocenters. The number of nitriles is 1. The van der Waals surface area contributed by atoms with E-state index in [4.69, 9.17) is 5.26 Å². The number of hydrogen-bond donors (Lipinski definition) is 2. The van der Waals surface area contributed by atoms with Gasteiger partial charge in [0.25, 0.3) is 0 Å². The fourth-order valence-corrected chi connectivity index (χ4v) is 1.34. The van der Waals surface area contributed by atoms with E-state index in [0.717, 1.165) is 0 Å². The minimum Gasteiger partial charge on any atom is -0.354 e. The molecule has 0 atom stereocenters. The molecule has 0 aromatic carbocycles. The van der Waals surface area contributed by atoms with Gasteiger partial charge in [0.1, 0.15) is 0 Å². The van der Waals surface area contributed by atoms with Crippen LogP contribution in [0.4, 0.5) is 17.8 Å². The van der Waals surface area contributed by atoms with Gasteiger partial charge in [-0.25, -0.2) is 4.90 Å². The second kappa shape index (κ2) is 7.16. The molecule has 7 nitrogen and oxygen atoms in total. The van der Waals surface area contributed by atoms with E-state index < -0.39 is 0 Å². The standard InChI is InChI=1S/C12H19N7/c1-5-7-19(8-13)12-17-10(14-6-2)16-11(18-12)15-9(3)4/h5,9H,1,6-7H2,2-4H3,(H2,14,15,16,17,18). The van der Waals surface area contributed by atoms with Crippen molar-refractivity contribution in [2.24, 2.45) is 0 Å². The van der Waals surface area contributed by atoms with Crippen molar-refractivity contribution in [1.82, 2.24) is 15.0 Å². The maximum atomic E-state index is 9.09. The van der Waals surface area contributed by atoms with Crippen LogP contribution in [0.5, 0.6) is 0 Å². The summed E-state index contributed by atoms with van der Waals surface area (Å²) in [6.45, 7) is 10.6. The van der Waals surface area contributed by atoms with E-state index in [9.17, 15) is 0 Å². The molecule has 0 saturated heterocycles. The third-order valence-electron chi connectivity index (χ3n) is 2.05. The van der Waals surface area contributed by atoms with Crippen molar-refractivity contribution in [2.75, 3.05) is 28.6 Å². The zero-order valence-electron chi connectivity index (χ0n) is 11.5. The van der Waals surface area contributed by atoms with E-state index in [1.54, 1.807) is 6.08 Å². The van der Waals surface area contributed by atoms with Crippen molar-refractivity contribution in [2.45, 2.75) is 26.8 Å². The van der Waals surface area contributed by atoms with Gasteiger partial charge in [0.2, 0.25) is 17.8 Å². The monoisotopic (exact) mass is 261 g/mol. The van der Waals surface area contributed by atoms with E-state index >= 15 is 0 Å². The highest BCUT2D eigenvalue weighted by Gasteiger charge is 2.12. The minimum atomic E-state index is 0.194. The third kappa shape index (κ3) is 4.43. The third-order valence-corrected chi connectivity index (χ3v) is 2.05. The Morgan fingerprint density at radius 3 is 2.58 bits per heavy atom. The molecule has 0 aliphatic carbocycles. The summed E-state index contributed by atoms with van der Waals surface area (Å²) in [5.74, 6) is 1.19. The molecule has 0 fully saturated rings. The summed E-state index contributed by atoms with van der Waals surface area (Å²) in [5.41, 5.74) is 0. The first kappa shape index (κ1) is 14.7. The molecular weight excluding hydrogens is 242 g/mol. The van der Waals surface area contributed by atoms with Crippen LogP contribution < -0.4 is 15.5 Å². The van der Waals surface area contributed by atoms with Gasteiger partial charge >= 0.3 is 0 Å². The molecule has 0 radical (unpaired) electrons. The van der Waals surface area contributed by atoms with E-state index in [1.807, 2.05) is 27.0 Å². The number of anilines is 3. The SMILES string of the molecule is C=CCN(C#N)c1nc(NCC)nc(NC(C)C)n1. The van der Waals surface area contributed by atoms with Crippen LogP contribution in [0, 0.1) is 11.5 Å². The van der Waals surface area contributed by atoms with Crippen molar-refractivity contribution in [1.29, 1.82) is 5.26 Å². The summed E-state index contributed by atoms with van der Waals surface area (Å²) in [6, 6.07) is 0.194. The summed E-state index contributed by atoms with van der Waals surface area (Å²) in [7, 11) is 0. The molecule has 102 valence electrons. The van der Waals surface area contributed by atoms with Gasteiger partial charge in [0.05, 0.1) is 6.54 Å². The number of nitrogens with zero attached hydrogens (tertiary/aromatic N) is 5. The van der Waals surface area contributed by atoms with Crippen LogP contribution in [0.1, 0.15) is 20.8 Å². The summed E-state index contributed by atoms with van der Waals surface area (Å²) in [6.07, 6.45) is 3.64. The highest BCUT2D eigenvalue weighted by Crippen LogP contribution is 2.13. The van der Waals surface area contributed by atoms with Crippen molar-refractivity contribution in [3.05, 3.63) is 12.7 Å². The van der Waals surface area contributed by atoms with Crippen molar-refractivity contribution in [3.8, 4) is 6.19 Å². The van der Waals surface area contributed by atoms with Crippen LogP contribution in [0.3, 0.4) is 0 Å². The summed E-state index contributed by atoms with van der Waals surface area (Å²) in [4.78, 5) is 14.0. The van der Waals surface area contributed by atoms with E-state index in [-0.39, 0.29) is 6.04 Å². The molecule has 0 saturated carbocycles. The number of aromatic nitrogens is 3. The Kier molecular flexibility index (Phi) is 5.54. The zero-order valence-corrected chi connectivity index (χ0v) is 11.5. The molecule has 1 heterocycles. The lowest BCUT2D eigenvalue weighted by atomic mass is 10.4. The maximum Gasteiger partial charge on any atom is 0.245 e. The van der Waals surface area contributed by atoms with Gasteiger partial charge in [-0.15, -0.1) is 6.58 Å². The van der Waals surface area contributed by atoms with Gasteiger partial charge in [-0.3, -0.25) is 0 Å². The molecule has 1 aromatic rings. The van der Waals surface area contributed by atoms with E-state index in [0.29, 0.717) is 30.9 Å². The molecular formula is C12H19N7. The van der Waals surface area contributed by atoms with Crippen LogP contribution in [0.2, 0.25) is 0 Å². The van der Waals surface area contributed by atoms with Gasteiger partial charge in [0.15, 0.2) is 6.19 Å². The van der Waals surface area contributed by atoms with E-state index in [1.165, 1.54) is 4.90 Å². The van der Waals surface area contributed by atoms with Gasteiger partial charge in [0, 0.05) is 12.6 Å². The lowest BCUT2D eigenvalue weighted by molar-refractivity contribution is 0.859. The molecule has 2 N–H and O–H groups in total. The van der Waals surface area contributed by atoms with Crippen molar-refractivity contribution in [3.63, 3.8) is 0 Å². The van der Waals surface area contributed by atoms with Gasteiger partial charge < -0.3 is 10.6 Å². The molecule has 0 bridgehead atoms. The minimum absolute atomic E-state index is 0.194. The lowest BCUT2D eigenvalue weighted by Gasteiger charge is -2.15. The Hall–Kier alpha value is -2.36. The molecule has 0 amide bonds. The molecule has 7 heteroatoms. The van der Waals surface area contributed by atoms with Crippen molar-refractivity contribution >= 4 is 17.8 Å². The Bertz CT molecular complexity index is 464. The van der Waals surface area contributed by atoms with Gasteiger partial charge in [-0.1, -0.05) is 6.08 Å². The van der Waals surface area contributed by atoms with Crippen LogP contribution in [-0.4, -0.2) is 34.1 Å². The highest BCUT2D eigenvalue weighted by molar-refractivity contribution is 5.46. The molecule has 0 aliphatic heterocycles. The van der Waals surface area contributed by atoms with Crippen LogP contribution >= 0.6 is 0 Å². The summed E-state index contributed by atoms with van der Waals surface area (Å²) < 4.78 is 0. The summed E-state index contributed by atoms with van der Waals surface area (Å²) >= 11 is 0. The first-order valence-electron chi connectivity index (χ1n) is 6.15. The second-order valence-corrected chi connectivity index (χ2v) is 4.11. The Balaban J connectivity index is 3.11. The van der Waals surface area contributed by atoms with Crippen LogP contribution in [0.15, 0.2) is 12.7 Å². The average molecular weight is 261 g/mol. The molecule has 1 rings (SSSR count). The highest BCUT2D eigenvalue weighted by atomic mass is 15.3. The second-order valence-electron chi connectivity index (χ2n) is 4.11. The fourth-order valence-electron chi connectivity index (χ4n) is 1.34.